The van der Waals surface area contributed by atoms with Crippen molar-refractivity contribution in [2.24, 2.45) is 0 Å². The van der Waals surface area contributed by atoms with Crippen molar-refractivity contribution >= 4 is 23.2 Å². The first kappa shape index (κ1) is 16.8. The Kier molecular flexibility index (Phi) is 5.35. The summed E-state index contributed by atoms with van der Waals surface area (Å²) in [7, 11) is 2.13. The van der Waals surface area contributed by atoms with Gasteiger partial charge in [-0.15, -0.1) is 0 Å². The second-order valence-corrected chi connectivity index (χ2v) is 6.64. The maximum absolute atomic E-state index is 12.1. The Morgan fingerprint density at radius 3 is 2.12 bits per heavy atom. The largest absolute Gasteiger partial charge is 0.369 e. The number of carbonyl (C=O) groups is 2. The second-order valence-electron chi connectivity index (χ2n) is 6.64. The van der Waals surface area contributed by atoms with Crippen LogP contribution in [0.5, 0.6) is 0 Å². The Morgan fingerprint density at radius 2 is 1.50 bits per heavy atom. The molecule has 0 unspecified atom stereocenters. The van der Waals surface area contributed by atoms with Gasteiger partial charge in [-0.05, 0) is 50.6 Å². The molecule has 2 aliphatic rings. The maximum atomic E-state index is 12.1. The summed E-state index contributed by atoms with van der Waals surface area (Å²) in [5.41, 5.74) is 1.83. The zero-order chi connectivity index (χ0) is 16.9. The number of rotatable bonds is 2. The van der Waals surface area contributed by atoms with Crippen molar-refractivity contribution in [3.8, 4) is 0 Å². The van der Waals surface area contributed by atoms with Crippen LogP contribution < -0.4 is 10.2 Å². The molecule has 2 saturated heterocycles. The number of amides is 2. The van der Waals surface area contributed by atoms with Crippen LogP contribution in [0, 0.1) is 0 Å². The Balaban J connectivity index is 1.55. The lowest BCUT2D eigenvalue weighted by molar-refractivity contribution is -0.143. The van der Waals surface area contributed by atoms with Crippen molar-refractivity contribution < 1.29 is 9.59 Å². The molecule has 2 heterocycles. The molecule has 0 aliphatic carbocycles. The number of piperidine rings is 1. The van der Waals surface area contributed by atoms with E-state index in [1.807, 2.05) is 24.3 Å². The van der Waals surface area contributed by atoms with Gasteiger partial charge in [-0.25, -0.2) is 0 Å². The van der Waals surface area contributed by atoms with Gasteiger partial charge in [0.25, 0.3) is 0 Å². The molecule has 6 nitrogen and oxygen atoms in total. The molecule has 6 heteroatoms. The Hall–Kier alpha value is -2.08. The van der Waals surface area contributed by atoms with E-state index in [1.54, 1.807) is 4.90 Å². The van der Waals surface area contributed by atoms with Crippen LogP contribution in [0.2, 0.25) is 0 Å². The fourth-order valence-electron chi connectivity index (χ4n) is 3.25. The first-order chi connectivity index (χ1) is 11.6. The lowest BCUT2D eigenvalue weighted by Gasteiger charge is -2.34. The molecule has 2 fully saturated rings. The van der Waals surface area contributed by atoms with Gasteiger partial charge in [0.15, 0.2) is 0 Å². The van der Waals surface area contributed by atoms with Crippen LogP contribution in [0.25, 0.3) is 0 Å². The summed E-state index contributed by atoms with van der Waals surface area (Å²) in [5.74, 6) is -0.956. The van der Waals surface area contributed by atoms with Gasteiger partial charge in [0, 0.05) is 50.6 Å². The number of hydrogen-bond acceptors (Lipinski definition) is 4. The van der Waals surface area contributed by atoms with Crippen LogP contribution in [0.3, 0.4) is 0 Å². The molecule has 1 aromatic carbocycles. The van der Waals surface area contributed by atoms with Crippen LogP contribution in [0.15, 0.2) is 24.3 Å². The van der Waals surface area contributed by atoms with E-state index < -0.39 is 11.8 Å². The highest BCUT2D eigenvalue weighted by Crippen LogP contribution is 2.19. The summed E-state index contributed by atoms with van der Waals surface area (Å²) >= 11 is 0. The standard InChI is InChI=1S/C18H26N4O2/c1-20-11-13-21(14-12-20)16-7-5-15(6-8-16)19-17(23)18(24)22-9-3-2-4-10-22/h5-8H,2-4,9-14H2,1H3,(H,19,23). The lowest BCUT2D eigenvalue weighted by Crippen LogP contribution is -2.44. The van der Waals surface area contributed by atoms with Crippen molar-refractivity contribution in [3.63, 3.8) is 0 Å². The summed E-state index contributed by atoms with van der Waals surface area (Å²) in [5, 5.41) is 2.72. The molecule has 0 atom stereocenters. The van der Waals surface area contributed by atoms with E-state index in [0.717, 1.165) is 51.1 Å². The predicted octanol–water partition coefficient (Wildman–Crippen LogP) is 1.39. The molecule has 3 rings (SSSR count). The molecular weight excluding hydrogens is 304 g/mol. The number of hydrogen-bond donors (Lipinski definition) is 1. The number of carbonyl (C=O) groups excluding carboxylic acids is 2. The Labute approximate surface area is 143 Å². The summed E-state index contributed by atoms with van der Waals surface area (Å²) in [6.07, 6.45) is 3.11. The molecule has 130 valence electrons. The Bertz CT molecular complexity index is 573. The summed E-state index contributed by atoms with van der Waals surface area (Å²) in [6.45, 7) is 5.51. The maximum Gasteiger partial charge on any atom is 0.313 e. The van der Waals surface area contributed by atoms with Gasteiger partial charge < -0.3 is 20.0 Å². The van der Waals surface area contributed by atoms with Gasteiger partial charge in [0.05, 0.1) is 0 Å². The summed E-state index contributed by atoms with van der Waals surface area (Å²) in [6, 6.07) is 7.75. The third-order valence-electron chi connectivity index (χ3n) is 4.83. The smallest absolute Gasteiger partial charge is 0.313 e. The number of anilines is 2. The summed E-state index contributed by atoms with van der Waals surface area (Å²) < 4.78 is 0. The topological polar surface area (TPSA) is 55.9 Å². The van der Waals surface area contributed by atoms with Crippen molar-refractivity contribution in [2.75, 3.05) is 56.5 Å². The molecule has 0 spiro atoms. The SMILES string of the molecule is CN1CCN(c2ccc(NC(=O)C(=O)N3CCCCC3)cc2)CC1. The molecule has 0 radical (unpaired) electrons. The normalized spacial score (nSPS) is 19.2. The highest BCUT2D eigenvalue weighted by atomic mass is 16.2. The minimum absolute atomic E-state index is 0.419. The van der Waals surface area contributed by atoms with Gasteiger partial charge >= 0.3 is 11.8 Å². The first-order valence-electron chi connectivity index (χ1n) is 8.77. The van der Waals surface area contributed by atoms with Gasteiger partial charge in [-0.3, -0.25) is 9.59 Å². The molecule has 2 aliphatic heterocycles. The monoisotopic (exact) mass is 330 g/mol. The van der Waals surface area contributed by atoms with Crippen LogP contribution in [0.1, 0.15) is 19.3 Å². The van der Waals surface area contributed by atoms with Crippen LogP contribution in [-0.2, 0) is 9.59 Å². The van der Waals surface area contributed by atoms with E-state index in [0.29, 0.717) is 18.8 Å². The van der Waals surface area contributed by atoms with Crippen LogP contribution >= 0.6 is 0 Å². The molecule has 1 N–H and O–H groups in total. The second kappa shape index (κ2) is 7.66. The number of piperazine rings is 1. The third-order valence-corrected chi connectivity index (χ3v) is 4.83. The van der Waals surface area contributed by atoms with Crippen LogP contribution in [0.4, 0.5) is 11.4 Å². The van der Waals surface area contributed by atoms with Gasteiger partial charge in [-0.1, -0.05) is 0 Å². The number of likely N-dealkylation sites (N-methyl/N-ethyl adjacent to an activating group) is 1. The first-order valence-corrected chi connectivity index (χ1v) is 8.77. The Morgan fingerprint density at radius 1 is 0.875 bits per heavy atom. The molecule has 1 aromatic rings. The summed E-state index contributed by atoms with van der Waals surface area (Å²) in [4.78, 5) is 30.6. The third kappa shape index (κ3) is 4.06. The van der Waals surface area contributed by atoms with Crippen molar-refractivity contribution in [2.45, 2.75) is 19.3 Å². The minimum Gasteiger partial charge on any atom is -0.369 e. The number of benzene rings is 1. The van der Waals surface area contributed by atoms with E-state index in [9.17, 15) is 9.59 Å². The van der Waals surface area contributed by atoms with E-state index in [1.165, 1.54) is 0 Å². The van der Waals surface area contributed by atoms with Crippen molar-refractivity contribution in [1.82, 2.24) is 9.80 Å². The van der Waals surface area contributed by atoms with E-state index >= 15 is 0 Å². The molecule has 0 bridgehead atoms. The highest BCUT2D eigenvalue weighted by Gasteiger charge is 2.23. The fourth-order valence-corrected chi connectivity index (χ4v) is 3.25. The van der Waals surface area contributed by atoms with E-state index in [-0.39, 0.29) is 0 Å². The van der Waals surface area contributed by atoms with Gasteiger partial charge in [-0.2, -0.15) is 0 Å². The van der Waals surface area contributed by atoms with E-state index in [4.69, 9.17) is 0 Å². The minimum atomic E-state index is -0.538. The number of likely N-dealkylation sites (tertiary alicyclic amines) is 1. The lowest BCUT2D eigenvalue weighted by atomic mass is 10.1. The zero-order valence-electron chi connectivity index (χ0n) is 14.3. The average Bonchev–Trinajstić information content (AvgIpc) is 2.63. The van der Waals surface area contributed by atoms with Crippen molar-refractivity contribution in [3.05, 3.63) is 24.3 Å². The fraction of sp³-hybridized carbons (Fsp3) is 0.556. The molecule has 2 amide bonds. The number of nitrogens with one attached hydrogen (secondary N) is 1. The molecule has 24 heavy (non-hydrogen) atoms. The number of nitrogens with zero attached hydrogens (tertiary/aromatic N) is 3. The quantitative estimate of drug-likeness (QED) is 0.833. The van der Waals surface area contributed by atoms with Crippen molar-refractivity contribution in [1.29, 1.82) is 0 Å². The van der Waals surface area contributed by atoms with E-state index in [2.05, 4.69) is 22.2 Å². The molecular formula is C18H26N4O2. The zero-order valence-corrected chi connectivity index (χ0v) is 14.3. The molecule has 0 saturated carbocycles. The van der Waals surface area contributed by atoms with Crippen LogP contribution in [-0.4, -0.2) is 67.9 Å². The van der Waals surface area contributed by atoms with Gasteiger partial charge in [0.1, 0.15) is 0 Å². The highest BCUT2D eigenvalue weighted by molar-refractivity contribution is 6.39. The average molecular weight is 330 g/mol. The predicted molar refractivity (Wildman–Crippen MR) is 95.2 cm³/mol. The molecule has 0 aromatic heterocycles. The van der Waals surface area contributed by atoms with Gasteiger partial charge in [0.2, 0.25) is 0 Å².